The average molecular weight is 373 g/mol. The van der Waals surface area contributed by atoms with Crippen LogP contribution in [0.1, 0.15) is 36.0 Å². The molecule has 0 radical (unpaired) electrons. The molecule has 0 aromatic heterocycles. The third-order valence-corrected chi connectivity index (χ3v) is 4.24. The van der Waals surface area contributed by atoms with Crippen molar-refractivity contribution in [1.29, 1.82) is 0 Å². The molecule has 0 saturated heterocycles. The number of Topliss-reactive ketones (excluding diaryl/α,β-unsaturated/α-hetero) is 1. The Balaban J connectivity index is 2.14. The molecule has 1 aromatic rings. The lowest BCUT2D eigenvalue weighted by molar-refractivity contribution is -0.121. The molecule has 4 nitrogen and oxygen atoms in total. The number of hydrogen-bond acceptors (Lipinski definition) is 3. The highest BCUT2D eigenvalue weighted by atomic mass is 127. The molecular formula is C14H16INO3. The molecule has 2 rings (SSSR count). The van der Waals surface area contributed by atoms with Crippen LogP contribution in [0.3, 0.4) is 0 Å². The van der Waals surface area contributed by atoms with Crippen molar-refractivity contribution in [2.45, 2.75) is 31.7 Å². The zero-order valence-corrected chi connectivity index (χ0v) is 12.9. The van der Waals surface area contributed by atoms with E-state index >= 15 is 0 Å². The summed E-state index contributed by atoms with van der Waals surface area (Å²) < 4.78 is 0.908. The third kappa shape index (κ3) is 3.26. The van der Waals surface area contributed by atoms with Gasteiger partial charge in [0.05, 0.1) is 5.56 Å². The van der Waals surface area contributed by atoms with Crippen LogP contribution in [0.15, 0.2) is 18.2 Å². The number of carbonyl (C=O) groups excluding carboxylic acids is 2. The molecule has 1 amide bonds. The lowest BCUT2D eigenvalue weighted by Gasteiger charge is -2.31. The highest BCUT2D eigenvalue weighted by Gasteiger charge is 2.27. The van der Waals surface area contributed by atoms with Gasteiger partial charge in [-0.25, -0.2) is 0 Å². The Labute approximate surface area is 125 Å². The summed E-state index contributed by atoms with van der Waals surface area (Å²) in [6.07, 6.45) is 2.51. The molecule has 0 spiro atoms. The molecule has 1 saturated carbocycles. The molecule has 0 aliphatic heterocycles. The van der Waals surface area contributed by atoms with Gasteiger partial charge in [-0.05, 0) is 53.6 Å². The van der Waals surface area contributed by atoms with Crippen LogP contribution < -0.4 is 0 Å². The van der Waals surface area contributed by atoms with Gasteiger partial charge in [0.25, 0.3) is 5.91 Å². The first-order chi connectivity index (χ1) is 8.99. The van der Waals surface area contributed by atoms with Gasteiger partial charge in [-0.2, -0.15) is 0 Å². The summed E-state index contributed by atoms with van der Waals surface area (Å²) in [6, 6.07) is 5.06. The summed E-state index contributed by atoms with van der Waals surface area (Å²) in [5.74, 6) is 0.0914. The number of phenolic OH excluding ortho intramolecular Hbond substituents is 1. The highest BCUT2D eigenvalue weighted by Crippen LogP contribution is 2.25. The zero-order chi connectivity index (χ0) is 14.0. The molecule has 19 heavy (non-hydrogen) atoms. The maximum Gasteiger partial charge on any atom is 0.257 e. The Bertz CT molecular complexity index is 505. The number of halogens is 1. The third-order valence-electron chi connectivity index (χ3n) is 3.57. The van der Waals surface area contributed by atoms with Crippen LogP contribution in [-0.2, 0) is 4.79 Å². The van der Waals surface area contributed by atoms with E-state index < -0.39 is 0 Å². The maximum absolute atomic E-state index is 12.4. The van der Waals surface area contributed by atoms with Crippen molar-refractivity contribution < 1.29 is 14.7 Å². The van der Waals surface area contributed by atoms with Crippen molar-refractivity contribution in [1.82, 2.24) is 4.90 Å². The number of hydrogen-bond donors (Lipinski definition) is 1. The van der Waals surface area contributed by atoms with Crippen LogP contribution >= 0.6 is 22.6 Å². The Morgan fingerprint density at radius 1 is 1.37 bits per heavy atom. The topological polar surface area (TPSA) is 57.6 Å². The van der Waals surface area contributed by atoms with Crippen molar-refractivity contribution in [3.63, 3.8) is 0 Å². The van der Waals surface area contributed by atoms with E-state index in [9.17, 15) is 14.7 Å². The van der Waals surface area contributed by atoms with Gasteiger partial charge in [0.2, 0.25) is 0 Å². The Morgan fingerprint density at radius 2 is 2.00 bits per heavy atom. The molecule has 1 aromatic carbocycles. The second kappa shape index (κ2) is 5.90. The molecule has 5 heteroatoms. The van der Waals surface area contributed by atoms with Gasteiger partial charge in [-0.3, -0.25) is 9.59 Å². The number of amides is 1. The summed E-state index contributed by atoms with van der Waals surface area (Å²) in [5, 5.41) is 9.79. The van der Waals surface area contributed by atoms with Crippen molar-refractivity contribution in [2.24, 2.45) is 0 Å². The minimum atomic E-state index is -0.185. The number of benzene rings is 1. The molecule has 1 fully saturated rings. The van der Waals surface area contributed by atoms with Gasteiger partial charge in [0.15, 0.2) is 0 Å². The fourth-order valence-corrected chi connectivity index (χ4v) is 2.84. The van der Waals surface area contributed by atoms with Crippen LogP contribution in [-0.4, -0.2) is 34.8 Å². The minimum Gasteiger partial charge on any atom is -0.507 e. The normalized spacial score (nSPS) is 16.4. The second-order valence-corrected chi connectivity index (χ2v) is 6.09. The van der Waals surface area contributed by atoms with E-state index in [2.05, 4.69) is 22.6 Å². The van der Waals surface area contributed by atoms with Gasteiger partial charge < -0.3 is 10.0 Å². The van der Waals surface area contributed by atoms with E-state index in [0.717, 1.165) is 3.57 Å². The fraction of sp³-hybridized carbons (Fsp3) is 0.429. The van der Waals surface area contributed by atoms with E-state index in [-0.39, 0.29) is 23.5 Å². The standard InChI is InChI=1S/C14H16INO3/c1-16(10-3-5-11(17)6-4-10)14(19)12-8-9(15)2-7-13(12)18/h2,7-8,10,18H,3-6H2,1H3. The number of phenols is 1. The molecule has 0 heterocycles. The molecule has 1 aliphatic rings. The summed E-state index contributed by atoms with van der Waals surface area (Å²) in [7, 11) is 1.74. The zero-order valence-electron chi connectivity index (χ0n) is 10.7. The monoisotopic (exact) mass is 373 g/mol. The first-order valence-corrected chi connectivity index (χ1v) is 7.34. The van der Waals surface area contributed by atoms with Crippen molar-refractivity contribution in [3.8, 4) is 5.75 Å². The molecule has 0 bridgehead atoms. The molecule has 1 N–H and O–H groups in total. The minimum absolute atomic E-state index is 0.00384. The summed E-state index contributed by atoms with van der Waals surface area (Å²) in [5.41, 5.74) is 0.325. The van der Waals surface area contributed by atoms with E-state index in [1.165, 1.54) is 6.07 Å². The lowest BCUT2D eigenvalue weighted by Crippen LogP contribution is -2.39. The molecule has 102 valence electrons. The second-order valence-electron chi connectivity index (χ2n) is 4.85. The Morgan fingerprint density at radius 3 is 2.63 bits per heavy atom. The average Bonchev–Trinajstić information content (AvgIpc) is 2.41. The van der Waals surface area contributed by atoms with Crippen LogP contribution in [0.4, 0.5) is 0 Å². The van der Waals surface area contributed by atoms with Crippen LogP contribution in [0.2, 0.25) is 0 Å². The van der Waals surface area contributed by atoms with Crippen molar-refractivity contribution in [3.05, 3.63) is 27.3 Å². The molecule has 0 unspecified atom stereocenters. The number of carbonyl (C=O) groups is 2. The maximum atomic E-state index is 12.4. The van der Waals surface area contributed by atoms with E-state index in [0.29, 0.717) is 31.2 Å². The highest BCUT2D eigenvalue weighted by molar-refractivity contribution is 14.1. The van der Waals surface area contributed by atoms with Gasteiger partial charge in [0, 0.05) is 29.5 Å². The number of nitrogens with zero attached hydrogens (tertiary/aromatic N) is 1. The fourth-order valence-electron chi connectivity index (χ4n) is 2.35. The van der Waals surface area contributed by atoms with E-state index in [1.54, 1.807) is 24.1 Å². The molecule has 0 atom stereocenters. The van der Waals surface area contributed by atoms with Crippen LogP contribution in [0.5, 0.6) is 5.75 Å². The van der Waals surface area contributed by atoms with Crippen LogP contribution in [0, 0.1) is 3.57 Å². The summed E-state index contributed by atoms with van der Waals surface area (Å²) in [6.45, 7) is 0. The van der Waals surface area contributed by atoms with E-state index in [1.807, 2.05) is 0 Å². The quantitative estimate of drug-likeness (QED) is 0.811. The van der Waals surface area contributed by atoms with Crippen molar-refractivity contribution >= 4 is 34.3 Å². The summed E-state index contributed by atoms with van der Waals surface area (Å²) in [4.78, 5) is 25.3. The smallest absolute Gasteiger partial charge is 0.257 e. The first kappa shape index (κ1) is 14.3. The lowest BCUT2D eigenvalue weighted by atomic mass is 9.93. The van der Waals surface area contributed by atoms with Gasteiger partial charge in [0.1, 0.15) is 11.5 Å². The number of ketones is 1. The van der Waals surface area contributed by atoms with Gasteiger partial charge >= 0.3 is 0 Å². The largest absolute Gasteiger partial charge is 0.507 e. The Hall–Kier alpha value is -1.11. The van der Waals surface area contributed by atoms with Crippen molar-refractivity contribution in [2.75, 3.05) is 7.05 Å². The number of rotatable bonds is 2. The molecular weight excluding hydrogens is 357 g/mol. The predicted molar refractivity (Wildman–Crippen MR) is 80.2 cm³/mol. The SMILES string of the molecule is CN(C(=O)c1cc(I)ccc1O)C1CCC(=O)CC1. The van der Waals surface area contributed by atoms with Gasteiger partial charge in [-0.15, -0.1) is 0 Å². The Kier molecular flexibility index (Phi) is 4.44. The summed E-state index contributed by atoms with van der Waals surface area (Å²) >= 11 is 2.11. The first-order valence-electron chi connectivity index (χ1n) is 6.26. The van der Waals surface area contributed by atoms with Gasteiger partial charge in [-0.1, -0.05) is 0 Å². The number of aromatic hydroxyl groups is 1. The van der Waals surface area contributed by atoms with Crippen LogP contribution in [0.25, 0.3) is 0 Å². The molecule has 1 aliphatic carbocycles. The predicted octanol–water partition coefficient (Wildman–Crippen LogP) is 2.58. The van der Waals surface area contributed by atoms with E-state index in [4.69, 9.17) is 0 Å².